The Morgan fingerprint density at radius 3 is 2.35 bits per heavy atom. The van der Waals surface area contributed by atoms with E-state index in [9.17, 15) is 13.2 Å². The third-order valence-corrected chi connectivity index (χ3v) is 6.03. The van der Waals surface area contributed by atoms with E-state index in [4.69, 9.17) is 4.18 Å². The second-order valence-corrected chi connectivity index (χ2v) is 8.88. The molecule has 1 fully saturated rings. The molecule has 5 nitrogen and oxygen atoms in total. The van der Waals surface area contributed by atoms with Gasteiger partial charge in [0.1, 0.15) is 5.75 Å². The minimum atomic E-state index is -3.51. The monoisotopic (exact) mass is 381 g/mol. The van der Waals surface area contributed by atoms with E-state index >= 15 is 0 Å². The normalized spacial score (nSPS) is 15.5. The lowest BCUT2D eigenvalue weighted by atomic mass is 9.97. The number of benzene rings is 1. The van der Waals surface area contributed by atoms with Crippen molar-refractivity contribution in [3.63, 3.8) is 0 Å². The van der Waals surface area contributed by atoms with Crippen LogP contribution in [-0.4, -0.2) is 31.0 Å². The molecule has 1 aliphatic rings. The minimum Gasteiger partial charge on any atom is -0.382 e. The van der Waals surface area contributed by atoms with Crippen LogP contribution in [0.25, 0.3) is 0 Å². The van der Waals surface area contributed by atoms with Crippen molar-refractivity contribution in [2.24, 2.45) is 5.92 Å². The van der Waals surface area contributed by atoms with Crippen molar-refractivity contribution < 1.29 is 17.4 Å². The summed E-state index contributed by atoms with van der Waals surface area (Å²) >= 11 is 0. The summed E-state index contributed by atoms with van der Waals surface area (Å²) in [6, 6.07) is 7.36. The van der Waals surface area contributed by atoms with Gasteiger partial charge in [0.25, 0.3) is 0 Å². The third-order valence-electron chi connectivity index (χ3n) is 4.87. The molecule has 26 heavy (non-hydrogen) atoms. The lowest BCUT2D eigenvalue weighted by Gasteiger charge is -2.27. The Morgan fingerprint density at radius 2 is 1.85 bits per heavy atom. The van der Waals surface area contributed by atoms with Gasteiger partial charge in [-0.15, -0.1) is 0 Å². The number of nitrogens with zero attached hydrogens (tertiary/aromatic N) is 1. The molecule has 1 atom stereocenters. The van der Waals surface area contributed by atoms with E-state index in [0.717, 1.165) is 44.1 Å². The molecule has 1 amide bonds. The maximum Gasteiger partial charge on any atom is 0.308 e. The lowest BCUT2D eigenvalue weighted by Crippen LogP contribution is -2.37. The van der Waals surface area contributed by atoms with E-state index in [1.165, 1.54) is 0 Å². The van der Waals surface area contributed by atoms with Gasteiger partial charge in [-0.1, -0.05) is 38.8 Å². The van der Waals surface area contributed by atoms with Crippen LogP contribution in [0.5, 0.6) is 5.75 Å². The number of hydrogen-bond donors (Lipinski definition) is 0. The molecule has 0 aliphatic heterocycles. The maximum absolute atomic E-state index is 13.0. The predicted molar refractivity (Wildman–Crippen MR) is 103 cm³/mol. The molecule has 1 aromatic rings. The van der Waals surface area contributed by atoms with Gasteiger partial charge in [-0.2, -0.15) is 8.42 Å². The number of hydrogen-bond acceptors (Lipinski definition) is 4. The van der Waals surface area contributed by atoms with Gasteiger partial charge in [0, 0.05) is 18.5 Å². The Hall–Kier alpha value is -1.56. The van der Waals surface area contributed by atoms with Crippen molar-refractivity contribution >= 4 is 16.0 Å². The van der Waals surface area contributed by atoms with Gasteiger partial charge in [-0.25, -0.2) is 0 Å². The van der Waals surface area contributed by atoms with Crippen molar-refractivity contribution in [2.45, 2.75) is 71.9 Å². The van der Waals surface area contributed by atoms with Crippen molar-refractivity contribution in [1.82, 2.24) is 4.90 Å². The second-order valence-electron chi connectivity index (χ2n) is 7.02. The highest BCUT2D eigenvalue weighted by Crippen LogP contribution is 2.31. The zero-order valence-corrected chi connectivity index (χ0v) is 16.9. The summed E-state index contributed by atoms with van der Waals surface area (Å²) in [7, 11) is -3.51. The average molecular weight is 382 g/mol. The zero-order valence-electron chi connectivity index (χ0n) is 16.1. The minimum absolute atomic E-state index is 0.0606. The molecule has 0 aromatic heterocycles. The van der Waals surface area contributed by atoms with E-state index in [2.05, 4.69) is 13.8 Å². The summed E-state index contributed by atoms with van der Waals surface area (Å²) < 4.78 is 28.1. The highest BCUT2D eigenvalue weighted by molar-refractivity contribution is 7.87. The molecule has 1 saturated carbocycles. The molecule has 0 heterocycles. The topological polar surface area (TPSA) is 63.7 Å². The average Bonchev–Trinajstić information content (AvgIpc) is 3.46. The molecule has 146 valence electrons. The molecular formula is C20H31NO4S. The molecule has 0 saturated heterocycles. The molecule has 1 aliphatic carbocycles. The number of carbonyl (C=O) groups excluding carboxylic acids is 1. The predicted octanol–water partition coefficient (Wildman–Crippen LogP) is 4.12. The molecular weight excluding hydrogens is 350 g/mol. The Bertz CT molecular complexity index is 680. The Morgan fingerprint density at radius 1 is 1.19 bits per heavy atom. The smallest absolute Gasteiger partial charge is 0.308 e. The second kappa shape index (κ2) is 9.40. The lowest BCUT2D eigenvalue weighted by molar-refractivity contribution is -0.137. The van der Waals surface area contributed by atoms with Crippen LogP contribution in [0.1, 0.15) is 64.9 Å². The first-order valence-electron chi connectivity index (χ1n) is 9.71. The summed E-state index contributed by atoms with van der Waals surface area (Å²) in [5.41, 5.74) is 0.997. The highest BCUT2D eigenvalue weighted by atomic mass is 32.2. The van der Waals surface area contributed by atoms with E-state index < -0.39 is 10.1 Å². The van der Waals surface area contributed by atoms with Crippen LogP contribution in [0.3, 0.4) is 0 Å². The van der Waals surface area contributed by atoms with E-state index in [0.29, 0.717) is 18.3 Å². The molecule has 0 radical (unpaired) electrons. The summed E-state index contributed by atoms with van der Waals surface area (Å²) in [5.74, 6) is 0.619. The van der Waals surface area contributed by atoms with E-state index in [-0.39, 0.29) is 17.6 Å². The van der Waals surface area contributed by atoms with E-state index in [1.807, 2.05) is 17.0 Å². The fourth-order valence-electron chi connectivity index (χ4n) is 3.01. The molecule has 1 unspecified atom stereocenters. The maximum atomic E-state index is 13.0. The van der Waals surface area contributed by atoms with Crippen LogP contribution in [0.15, 0.2) is 24.3 Å². The molecule has 6 heteroatoms. The summed E-state index contributed by atoms with van der Waals surface area (Å²) in [6.07, 6.45) is 6.17. The SMILES string of the molecule is CCCCC(CC)C(=O)N(Cc1ccc(OS(=O)(=O)CC)cc1)C1CC1. The van der Waals surface area contributed by atoms with Gasteiger partial charge in [0.15, 0.2) is 0 Å². The van der Waals surface area contributed by atoms with E-state index in [1.54, 1.807) is 19.1 Å². The van der Waals surface area contributed by atoms with Crippen molar-refractivity contribution in [3.8, 4) is 5.75 Å². The Labute approximate surface area is 157 Å². The van der Waals surface area contributed by atoms with Crippen LogP contribution in [-0.2, 0) is 21.5 Å². The Kier molecular flexibility index (Phi) is 7.50. The number of amides is 1. The fraction of sp³-hybridized carbons (Fsp3) is 0.650. The first kappa shape index (κ1) is 20.7. The first-order chi connectivity index (χ1) is 12.4. The van der Waals surface area contributed by atoms with Gasteiger partial charge in [-0.05, 0) is 50.3 Å². The zero-order chi connectivity index (χ0) is 19.2. The van der Waals surface area contributed by atoms with Gasteiger partial charge in [0.05, 0.1) is 5.75 Å². The third kappa shape index (κ3) is 6.01. The van der Waals surface area contributed by atoms with Gasteiger partial charge >= 0.3 is 10.1 Å². The van der Waals surface area contributed by atoms with Gasteiger partial charge in [-0.3, -0.25) is 4.79 Å². The van der Waals surface area contributed by atoms with Crippen LogP contribution < -0.4 is 4.18 Å². The summed E-state index contributed by atoms with van der Waals surface area (Å²) in [4.78, 5) is 15.0. The molecule has 1 aromatic carbocycles. The highest BCUT2D eigenvalue weighted by Gasteiger charge is 2.35. The van der Waals surface area contributed by atoms with Crippen LogP contribution in [0, 0.1) is 5.92 Å². The molecule has 0 spiro atoms. The van der Waals surface area contributed by atoms with Gasteiger partial charge in [0.2, 0.25) is 5.91 Å². The van der Waals surface area contributed by atoms with Crippen LogP contribution in [0.2, 0.25) is 0 Å². The molecule has 2 rings (SSSR count). The molecule has 0 N–H and O–H groups in total. The van der Waals surface area contributed by atoms with Crippen molar-refractivity contribution in [2.75, 3.05) is 5.75 Å². The standard InChI is InChI=1S/C20H31NO4S/c1-4-7-8-17(5-2)20(22)21(18-11-12-18)15-16-9-13-19(14-10-16)25-26(23,24)6-3/h9-10,13-14,17-18H,4-8,11-12,15H2,1-3H3. The van der Waals surface area contributed by atoms with Crippen LogP contribution in [0.4, 0.5) is 0 Å². The largest absolute Gasteiger partial charge is 0.382 e. The molecule has 0 bridgehead atoms. The summed E-state index contributed by atoms with van der Waals surface area (Å²) in [5, 5.41) is 0. The number of carbonyl (C=O) groups is 1. The van der Waals surface area contributed by atoms with Crippen molar-refractivity contribution in [1.29, 1.82) is 0 Å². The first-order valence-corrected chi connectivity index (χ1v) is 11.3. The quantitative estimate of drug-likeness (QED) is 0.541. The van der Waals surface area contributed by atoms with Crippen molar-refractivity contribution in [3.05, 3.63) is 29.8 Å². The van der Waals surface area contributed by atoms with Crippen LogP contribution >= 0.6 is 0 Å². The summed E-state index contributed by atoms with van der Waals surface area (Å²) in [6.45, 7) is 6.36. The Balaban J connectivity index is 2.04. The van der Waals surface area contributed by atoms with Gasteiger partial charge < -0.3 is 9.08 Å². The number of unbranched alkanes of at least 4 members (excludes halogenated alkanes) is 1. The fourth-order valence-corrected chi connectivity index (χ4v) is 3.54. The number of rotatable bonds is 11.